The fourth-order valence-electron chi connectivity index (χ4n) is 2.72. The van der Waals surface area contributed by atoms with Crippen LogP contribution in [-0.2, 0) is 6.18 Å². The maximum atomic E-state index is 12.7. The zero-order valence-electron chi connectivity index (χ0n) is 10.4. The van der Waals surface area contributed by atoms with E-state index in [4.69, 9.17) is 0 Å². The van der Waals surface area contributed by atoms with Crippen LogP contribution in [-0.4, -0.2) is 13.1 Å². The van der Waals surface area contributed by atoms with Crippen molar-refractivity contribution in [3.8, 4) is 0 Å². The van der Waals surface area contributed by atoms with Gasteiger partial charge in [-0.05, 0) is 43.9 Å². The quantitative estimate of drug-likeness (QED) is 0.845. The number of nitrogens with one attached hydrogen (secondary N) is 1. The first-order chi connectivity index (χ1) is 8.50. The van der Waals surface area contributed by atoms with Gasteiger partial charge in [0, 0.05) is 6.04 Å². The molecule has 0 aliphatic heterocycles. The molecule has 1 aromatic rings. The van der Waals surface area contributed by atoms with Gasteiger partial charge in [0.05, 0.1) is 5.56 Å². The first-order valence-corrected chi connectivity index (χ1v) is 6.35. The minimum atomic E-state index is -4.24. The summed E-state index contributed by atoms with van der Waals surface area (Å²) in [6, 6.07) is 6.21. The molecule has 1 nitrogen and oxygen atoms in total. The Morgan fingerprint density at radius 2 is 2.00 bits per heavy atom. The molecule has 0 amide bonds. The van der Waals surface area contributed by atoms with Gasteiger partial charge in [0.2, 0.25) is 0 Å². The molecule has 1 saturated carbocycles. The Balaban J connectivity index is 2.18. The number of rotatable bonds is 2. The van der Waals surface area contributed by atoms with Gasteiger partial charge in [-0.1, -0.05) is 24.6 Å². The third kappa shape index (κ3) is 3.05. The molecular formula is C14H18F3N. The predicted molar refractivity (Wildman–Crippen MR) is 65.5 cm³/mol. The second kappa shape index (κ2) is 5.31. The Morgan fingerprint density at radius 1 is 1.22 bits per heavy atom. The van der Waals surface area contributed by atoms with E-state index in [-0.39, 0.29) is 5.92 Å². The lowest BCUT2D eigenvalue weighted by Crippen LogP contribution is -2.30. The lowest BCUT2D eigenvalue weighted by Gasteiger charge is -2.29. The molecule has 1 N–H and O–H groups in total. The molecule has 0 spiro atoms. The monoisotopic (exact) mass is 257 g/mol. The van der Waals surface area contributed by atoms with E-state index in [1.165, 1.54) is 12.1 Å². The molecule has 2 rings (SSSR count). The van der Waals surface area contributed by atoms with Gasteiger partial charge in [-0.15, -0.1) is 0 Å². The summed E-state index contributed by atoms with van der Waals surface area (Å²) in [5, 5.41) is 3.23. The molecule has 100 valence electrons. The largest absolute Gasteiger partial charge is 0.416 e. The summed E-state index contributed by atoms with van der Waals surface area (Å²) >= 11 is 0. The number of alkyl halides is 3. The van der Waals surface area contributed by atoms with Gasteiger partial charge in [0.1, 0.15) is 0 Å². The molecule has 2 unspecified atom stereocenters. The van der Waals surface area contributed by atoms with E-state index >= 15 is 0 Å². The van der Waals surface area contributed by atoms with Gasteiger partial charge in [-0.3, -0.25) is 0 Å². The Labute approximate surface area is 105 Å². The molecule has 18 heavy (non-hydrogen) atoms. The second-order valence-corrected chi connectivity index (χ2v) is 4.97. The molecule has 0 bridgehead atoms. The lowest BCUT2D eigenvalue weighted by atomic mass is 9.81. The first-order valence-electron chi connectivity index (χ1n) is 6.35. The summed E-state index contributed by atoms with van der Waals surface area (Å²) in [5.74, 6) is 0.249. The van der Waals surface area contributed by atoms with Crippen LogP contribution >= 0.6 is 0 Å². The number of hydrogen-bond donors (Lipinski definition) is 1. The van der Waals surface area contributed by atoms with Crippen molar-refractivity contribution in [1.82, 2.24) is 5.32 Å². The van der Waals surface area contributed by atoms with Gasteiger partial charge in [0.15, 0.2) is 0 Å². The van der Waals surface area contributed by atoms with Crippen LogP contribution in [0.25, 0.3) is 0 Å². The Hall–Kier alpha value is -1.03. The Bertz CT molecular complexity index is 400. The van der Waals surface area contributed by atoms with Crippen molar-refractivity contribution < 1.29 is 13.2 Å². The molecular weight excluding hydrogens is 239 g/mol. The summed E-state index contributed by atoms with van der Waals surface area (Å²) in [7, 11) is 1.92. The minimum absolute atomic E-state index is 0.249. The van der Waals surface area contributed by atoms with Crippen LogP contribution in [0.2, 0.25) is 0 Å². The van der Waals surface area contributed by atoms with Crippen molar-refractivity contribution in [2.45, 2.75) is 43.8 Å². The zero-order chi connectivity index (χ0) is 13.2. The lowest BCUT2D eigenvalue weighted by molar-refractivity contribution is -0.137. The molecule has 0 saturated heterocycles. The molecule has 0 heterocycles. The number of benzene rings is 1. The van der Waals surface area contributed by atoms with Crippen molar-refractivity contribution in [3.05, 3.63) is 35.4 Å². The van der Waals surface area contributed by atoms with Crippen molar-refractivity contribution in [2.75, 3.05) is 7.05 Å². The summed E-state index contributed by atoms with van der Waals surface area (Å²) in [4.78, 5) is 0. The molecule has 0 aromatic heterocycles. The van der Waals surface area contributed by atoms with Gasteiger partial charge in [0.25, 0.3) is 0 Å². The maximum Gasteiger partial charge on any atom is 0.416 e. The smallest absolute Gasteiger partial charge is 0.317 e. The van der Waals surface area contributed by atoms with Crippen molar-refractivity contribution >= 4 is 0 Å². The predicted octanol–water partition coefficient (Wildman–Crippen LogP) is 3.95. The molecule has 0 radical (unpaired) electrons. The van der Waals surface area contributed by atoms with Crippen molar-refractivity contribution in [1.29, 1.82) is 0 Å². The highest BCUT2D eigenvalue weighted by molar-refractivity contribution is 5.28. The molecule has 1 fully saturated rings. The molecule has 1 aliphatic carbocycles. The average Bonchev–Trinajstić information content (AvgIpc) is 2.38. The Morgan fingerprint density at radius 3 is 2.67 bits per heavy atom. The fourth-order valence-corrected chi connectivity index (χ4v) is 2.72. The SMILES string of the molecule is CNC1CCCC(c2cccc(C(F)(F)F)c2)C1. The highest BCUT2D eigenvalue weighted by Gasteiger charge is 2.31. The fraction of sp³-hybridized carbons (Fsp3) is 0.571. The topological polar surface area (TPSA) is 12.0 Å². The number of halogens is 3. The summed E-state index contributed by atoms with van der Waals surface area (Å²) in [6.45, 7) is 0. The van der Waals surface area contributed by atoms with Crippen LogP contribution in [0.4, 0.5) is 13.2 Å². The van der Waals surface area contributed by atoms with Gasteiger partial charge in [-0.25, -0.2) is 0 Å². The molecule has 1 aliphatic rings. The minimum Gasteiger partial charge on any atom is -0.317 e. The van der Waals surface area contributed by atoms with Crippen LogP contribution in [0.1, 0.15) is 42.7 Å². The highest BCUT2D eigenvalue weighted by Crippen LogP contribution is 2.36. The van der Waals surface area contributed by atoms with E-state index < -0.39 is 11.7 Å². The van der Waals surface area contributed by atoms with E-state index in [9.17, 15) is 13.2 Å². The van der Waals surface area contributed by atoms with Crippen LogP contribution in [0, 0.1) is 0 Å². The van der Waals surface area contributed by atoms with E-state index in [0.717, 1.165) is 37.3 Å². The van der Waals surface area contributed by atoms with Crippen molar-refractivity contribution in [3.63, 3.8) is 0 Å². The van der Waals surface area contributed by atoms with Gasteiger partial charge in [-0.2, -0.15) is 13.2 Å². The molecule has 1 aromatic carbocycles. The van der Waals surface area contributed by atoms with Crippen molar-refractivity contribution in [2.24, 2.45) is 0 Å². The zero-order valence-corrected chi connectivity index (χ0v) is 10.4. The Kier molecular flexibility index (Phi) is 3.95. The third-order valence-electron chi connectivity index (χ3n) is 3.77. The summed E-state index contributed by atoms with van der Waals surface area (Å²) < 4.78 is 38.0. The van der Waals surface area contributed by atoms with Crippen LogP contribution in [0.5, 0.6) is 0 Å². The second-order valence-electron chi connectivity index (χ2n) is 4.97. The van der Waals surface area contributed by atoms with Crippen LogP contribution < -0.4 is 5.32 Å². The van der Waals surface area contributed by atoms with E-state index in [0.29, 0.717) is 6.04 Å². The van der Waals surface area contributed by atoms with E-state index in [1.807, 2.05) is 13.1 Å². The van der Waals surface area contributed by atoms with Crippen LogP contribution in [0.15, 0.2) is 24.3 Å². The average molecular weight is 257 g/mol. The standard InChI is InChI=1S/C14H18F3N/c1-18-13-7-3-5-11(9-13)10-4-2-6-12(8-10)14(15,16)17/h2,4,6,8,11,13,18H,3,5,7,9H2,1H3. The maximum absolute atomic E-state index is 12.7. The van der Waals surface area contributed by atoms with Gasteiger partial charge < -0.3 is 5.32 Å². The van der Waals surface area contributed by atoms with E-state index in [2.05, 4.69) is 5.32 Å². The number of hydrogen-bond acceptors (Lipinski definition) is 1. The molecule has 4 heteroatoms. The van der Waals surface area contributed by atoms with Crippen LogP contribution in [0.3, 0.4) is 0 Å². The normalized spacial score (nSPS) is 25.1. The summed E-state index contributed by atoms with van der Waals surface area (Å²) in [5.41, 5.74) is 0.288. The molecule has 2 atom stereocenters. The summed E-state index contributed by atoms with van der Waals surface area (Å²) in [6.07, 6.45) is -0.136. The third-order valence-corrected chi connectivity index (χ3v) is 3.77. The van der Waals surface area contributed by atoms with Gasteiger partial charge >= 0.3 is 6.18 Å². The first kappa shape index (κ1) is 13.4. The highest BCUT2D eigenvalue weighted by atomic mass is 19.4. The van der Waals surface area contributed by atoms with E-state index in [1.54, 1.807) is 0 Å².